The predicted molar refractivity (Wildman–Crippen MR) is 58.0 cm³/mol. The van der Waals surface area contributed by atoms with Gasteiger partial charge in [-0.25, -0.2) is 0 Å². The lowest BCUT2D eigenvalue weighted by atomic mass is 10.0. The Morgan fingerprint density at radius 2 is 1.57 bits per heavy atom. The van der Waals surface area contributed by atoms with Crippen LogP contribution in [0.5, 0.6) is 0 Å². The van der Waals surface area contributed by atoms with Crippen molar-refractivity contribution in [1.82, 2.24) is 0 Å². The summed E-state index contributed by atoms with van der Waals surface area (Å²) in [5.74, 6) is 0. The maximum absolute atomic E-state index is 3.15. The number of rotatable bonds is 0. The van der Waals surface area contributed by atoms with Crippen LogP contribution in [0.3, 0.4) is 0 Å². The molecule has 0 aromatic heterocycles. The van der Waals surface area contributed by atoms with Gasteiger partial charge in [-0.3, -0.25) is 0 Å². The molecule has 3 aromatic carbocycles. The van der Waals surface area contributed by atoms with Gasteiger partial charge >= 0.3 is 0 Å². The summed E-state index contributed by atoms with van der Waals surface area (Å²) < 4.78 is 0. The normalized spacial score (nSPS) is 10.9. The maximum Gasteiger partial charge on any atom is -0.000717 e. The SMILES string of the molecule is [c]1ccc2[c][c]c3ccccc3c2c1. The van der Waals surface area contributed by atoms with Crippen LogP contribution < -0.4 is 0 Å². The van der Waals surface area contributed by atoms with Crippen LogP contribution in [0.1, 0.15) is 0 Å². The van der Waals surface area contributed by atoms with Gasteiger partial charge in [0.1, 0.15) is 0 Å². The second-order valence-corrected chi connectivity index (χ2v) is 3.27. The fourth-order valence-corrected chi connectivity index (χ4v) is 1.72. The van der Waals surface area contributed by atoms with E-state index in [0.29, 0.717) is 0 Å². The van der Waals surface area contributed by atoms with Crippen molar-refractivity contribution < 1.29 is 0 Å². The van der Waals surface area contributed by atoms with Crippen LogP contribution in [0, 0.1) is 18.2 Å². The third kappa shape index (κ3) is 1.01. The Kier molecular flexibility index (Phi) is 1.54. The second kappa shape index (κ2) is 2.85. The first-order valence-corrected chi connectivity index (χ1v) is 4.57. The summed E-state index contributed by atoms with van der Waals surface area (Å²) in [6, 6.07) is 23.5. The number of benzene rings is 3. The quantitative estimate of drug-likeness (QED) is 0.459. The fraction of sp³-hybridized carbons (Fsp3) is 0. The molecule has 0 nitrogen and oxygen atoms in total. The topological polar surface area (TPSA) is 0 Å². The minimum absolute atomic E-state index is 1.10. The Labute approximate surface area is 82.8 Å². The average Bonchev–Trinajstić information content (AvgIpc) is 2.29. The van der Waals surface area contributed by atoms with Crippen LogP contribution in [0.2, 0.25) is 0 Å². The van der Waals surface area contributed by atoms with Crippen LogP contribution in [0.4, 0.5) is 0 Å². The fourth-order valence-electron chi connectivity index (χ4n) is 1.72. The standard InChI is InChI=1S/C14H7/c1-3-7-13-11(5-1)9-10-12-6-2-4-8-14(12)13/h1-3,5-8H. The first kappa shape index (κ1) is 7.57. The van der Waals surface area contributed by atoms with Crippen molar-refractivity contribution in [3.05, 3.63) is 60.7 Å². The molecule has 0 saturated heterocycles. The maximum atomic E-state index is 3.15. The Morgan fingerprint density at radius 1 is 0.786 bits per heavy atom. The van der Waals surface area contributed by atoms with Gasteiger partial charge in [0.15, 0.2) is 0 Å². The molecule has 0 heterocycles. The van der Waals surface area contributed by atoms with Gasteiger partial charge in [0.2, 0.25) is 0 Å². The van der Waals surface area contributed by atoms with E-state index in [0.717, 1.165) is 10.8 Å². The highest BCUT2D eigenvalue weighted by Gasteiger charge is 1.98. The summed E-state index contributed by atoms with van der Waals surface area (Å²) in [5, 5.41) is 4.63. The lowest BCUT2D eigenvalue weighted by Gasteiger charge is -2.01. The van der Waals surface area contributed by atoms with E-state index in [1.54, 1.807) is 0 Å². The summed E-state index contributed by atoms with van der Waals surface area (Å²) in [7, 11) is 0. The molecule has 0 N–H and O–H groups in total. The minimum Gasteiger partial charge on any atom is -0.0616 e. The number of fused-ring (bicyclic) bond motifs is 3. The van der Waals surface area contributed by atoms with Crippen molar-refractivity contribution >= 4 is 21.5 Å². The summed E-state index contributed by atoms with van der Waals surface area (Å²) in [4.78, 5) is 0. The molecule has 0 heteroatoms. The zero-order valence-corrected chi connectivity index (χ0v) is 7.54. The van der Waals surface area contributed by atoms with E-state index in [1.165, 1.54) is 10.8 Å². The highest BCUT2D eigenvalue weighted by atomic mass is 14.0. The molecule has 3 rings (SSSR count). The molecule has 3 radical (unpaired) electrons. The van der Waals surface area contributed by atoms with Crippen molar-refractivity contribution in [1.29, 1.82) is 0 Å². The Bertz CT molecular complexity index is 539. The highest BCUT2D eigenvalue weighted by Crippen LogP contribution is 2.23. The van der Waals surface area contributed by atoms with E-state index >= 15 is 0 Å². The summed E-state index contributed by atoms with van der Waals surface area (Å²) >= 11 is 0. The van der Waals surface area contributed by atoms with Crippen molar-refractivity contribution in [3.8, 4) is 0 Å². The highest BCUT2D eigenvalue weighted by molar-refractivity contribution is 6.06. The van der Waals surface area contributed by atoms with Crippen LogP contribution in [0.25, 0.3) is 21.5 Å². The summed E-state index contributed by atoms with van der Waals surface area (Å²) in [6.07, 6.45) is 0. The Balaban J connectivity index is 2.61. The molecule has 0 fully saturated rings. The molecular weight excluding hydrogens is 168 g/mol. The molecule has 0 spiro atoms. The number of hydrogen-bond acceptors (Lipinski definition) is 0. The third-order valence-corrected chi connectivity index (χ3v) is 2.41. The molecule has 0 aliphatic rings. The molecule has 0 atom stereocenters. The van der Waals surface area contributed by atoms with Gasteiger partial charge in [0.25, 0.3) is 0 Å². The average molecular weight is 175 g/mol. The van der Waals surface area contributed by atoms with Gasteiger partial charge in [0, 0.05) is 0 Å². The van der Waals surface area contributed by atoms with Crippen molar-refractivity contribution in [3.63, 3.8) is 0 Å². The minimum atomic E-state index is 1.10. The Hall–Kier alpha value is -1.82. The third-order valence-electron chi connectivity index (χ3n) is 2.41. The van der Waals surface area contributed by atoms with E-state index in [1.807, 2.05) is 30.3 Å². The van der Waals surface area contributed by atoms with Crippen LogP contribution in [-0.2, 0) is 0 Å². The van der Waals surface area contributed by atoms with Crippen LogP contribution in [-0.4, -0.2) is 0 Å². The zero-order valence-electron chi connectivity index (χ0n) is 7.54. The lowest BCUT2D eigenvalue weighted by molar-refractivity contribution is 1.74. The molecule has 0 bridgehead atoms. The molecule has 0 amide bonds. The van der Waals surface area contributed by atoms with Gasteiger partial charge in [-0.05, 0) is 45.8 Å². The molecule has 63 valence electrons. The molecule has 3 aromatic rings. The summed E-state index contributed by atoms with van der Waals surface area (Å²) in [6.45, 7) is 0. The molecule has 14 heavy (non-hydrogen) atoms. The lowest BCUT2D eigenvalue weighted by Crippen LogP contribution is -1.76. The van der Waals surface area contributed by atoms with Gasteiger partial charge in [-0.15, -0.1) is 0 Å². The van der Waals surface area contributed by atoms with Gasteiger partial charge in [-0.1, -0.05) is 36.4 Å². The monoisotopic (exact) mass is 175 g/mol. The van der Waals surface area contributed by atoms with E-state index < -0.39 is 0 Å². The smallest absolute Gasteiger partial charge is 0.000717 e. The van der Waals surface area contributed by atoms with Crippen LogP contribution in [0.15, 0.2) is 42.5 Å². The zero-order chi connectivity index (χ0) is 9.38. The van der Waals surface area contributed by atoms with Gasteiger partial charge in [0.05, 0.1) is 0 Å². The van der Waals surface area contributed by atoms with Gasteiger partial charge < -0.3 is 0 Å². The molecule has 0 unspecified atom stereocenters. The first-order valence-electron chi connectivity index (χ1n) is 4.57. The van der Waals surface area contributed by atoms with Crippen molar-refractivity contribution in [2.24, 2.45) is 0 Å². The second-order valence-electron chi connectivity index (χ2n) is 3.27. The summed E-state index contributed by atoms with van der Waals surface area (Å²) in [5.41, 5.74) is 0. The van der Waals surface area contributed by atoms with E-state index in [-0.39, 0.29) is 0 Å². The molecule has 0 aliphatic heterocycles. The van der Waals surface area contributed by atoms with E-state index in [2.05, 4.69) is 30.3 Å². The van der Waals surface area contributed by atoms with Gasteiger partial charge in [-0.2, -0.15) is 0 Å². The Morgan fingerprint density at radius 3 is 2.50 bits per heavy atom. The van der Waals surface area contributed by atoms with E-state index in [4.69, 9.17) is 0 Å². The number of hydrogen-bond donors (Lipinski definition) is 0. The van der Waals surface area contributed by atoms with Crippen molar-refractivity contribution in [2.45, 2.75) is 0 Å². The van der Waals surface area contributed by atoms with E-state index in [9.17, 15) is 0 Å². The largest absolute Gasteiger partial charge is 0.0616 e. The predicted octanol–water partition coefficient (Wildman–Crippen LogP) is 3.39. The molecular formula is C14H7. The van der Waals surface area contributed by atoms with Crippen molar-refractivity contribution in [2.75, 3.05) is 0 Å². The molecule has 0 aliphatic carbocycles. The molecule has 0 saturated carbocycles. The van der Waals surface area contributed by atoms with Crippen LogP contribution >= 0.6 is 0 Å². The first-order chi connectivity index (χ1) is 6.95.